The third kappa shape index (κ3) is 41.7. The number of aliphatic hydroxyl groups excluding tert-OH is 11. The van der Waals surface area contributed by atoms with Gasteiger partial charge in [-0.2, -0.15) is 0 Å². The van der Waals surface area contributed by atoms with Crippen LogP contribution >= 0.6 is 0 Å². The number of allylic oxidation sites excluding steroid dienone is 21. The Labute approximate surface area is 613 Å². The summed E-state index contributed by atoms with van der Waals surface area (Å²) in [5.74, 6) is -0.285. The molecular formula is C83H139NO18. The minimum absolute atomic E-state index is 0.230. The molecule has 0 spiro atoms. The van der Waals surface area contributed by atoms with Gasteiger partial charge in [-0.3, -0.25) is 4.79 Å². The standard InChI is InChI=1S/C83H139NO18/c1-3-5-7-9-11-13-15-17-19-21-22-23-24-25-26-27-28-29-30-31-32-33-34-35-36-37-38-39-40-41-42-43-44-45-47-49-51-53-55-57-59-61-71(89)84-66(67(88)60-58-56-54-52-50-48-46-20-18-16-14-12-10-8-6-4-2)65-97-81-77(95)74(92)79(69(63-86)99-81)102-83-78(96)75(93)80(70(64-87)100-83)101-82-76(94)73(91)72(90)68(62-85)98-82/h5,7,11,13,17,19,22-23,25-26,28-29,31-32,34-35,37-38,40-41,58,60,66-70,72-83,85-88,90-96H,3-4,6,8-10,12,14-16,18,20-21,24,27,30,33,36,39,42-57,59,61-65H2,1-2H3,(H,84,89)/b7-5-,13-11-,19-17-,23-22-,26-25-,29-28-,32-31-,35-34-,38-37-,41-40-,60-58+. The van der Waals surface area contributed by atoms with Crippen LogP contribution in [0.25, 0.3) is 0 Å². The Bertz CT molecular complexity index is 2370. The van der Waals surface area contributed by atoms with E-state index in [9.17, 15) is 61.0 Å². The number of carbonyl (C=O) groups excluding carboxylic acids is 1. The van der Waals surface area contributed by atoms with Gasteiger partial charge in [0.1, 0.15) is 73.2 Å². The average molecular weight is 1440 g/mol. The van der Waals surface area contributed by atoms with Crippen LogP contribution in [0.5, 0.6) is 0 Å². The van der Waals surface area contributed by atoms with Gasteiger partial charge in [0.15, 0.2) is 18.9 Å². The van der Waals surface area contributed by atoms with Crippen LogP contribution in [-0.4, -0.2) is 193 Å². The Morgan fingerprint density at radius 3 is 1.06 bits per heavy atom. The first kappa shape index (κ1) is 92.1. The Balaban J connectivity index is 1.33. The predicted molar refractivity (Wildman–Crippen MR) is 406 cm³/mol. The number of aliphatic hydroxyl groups is 11. The lowest BCUT2D eigenvalue weighted by molar-refractivity contribution is -0.379. The molecule has 0 aromatic heterocycles. The Hall–Kier alpha value is -4.07. The minimum Gasteiger partial charge on any atom is -0.394 e. The second kappa shape index (κ2) is 62.0. The molecule has 3 saturated heterocycles. The fraction of sp³-hybridized carbons (Fsp3) is 0.723. The summed E-state index contributed by atoms with van der Waals surface area (Å²) in [7, 11) is 0. The molecule has 0 aromatic rings. The number of rotatable bonds is 60. The highest BCUT2D eigenvalue weighted by atomic mass is 16.8. The van der Waals surface area contributed by atoms with Crippen LogP contribution in [0.15, 0.2) is 134 Å². The maximum atomic E-state index is 13.4. The number of carbonyl (C=O) groups is 1. The zero-order valence-corrected chi connectivity index (χ0v) is 62.3. The molecule has 3 fully saturated rings. The van der Waals surface area contributed by atoms with Crippen LogP contribution in [-0.2, 0) is 33.2 Å². The van der Waals surface area contributed by atoms with Crippen LogP contribution < -0.4 is 5.32 Å². The van der Waals surface area contributed by atoms with E-state index in [0.717, 1.165) is 122 Å². The SMILES string of the molecule is CC/C=C\C/C=C\C/C=C\C/C=C\C/C=C\C/C=C\C/C=C\C/C=C\C/C=C\C/C=C\CCCCCCCCCCCCC(=O)NC(COC1OC(CO)C(OC2OC(CO)C(OC3OC(CO)C(O)C(O)C3O)C(O)C2O)C(O)C1O)C(O)/C=C/CCCCCCCCCCCCCCCC. The lowest BCUT2D eigenvalue weighted by Gasteiger charge is -2.48. The van der Waals surface area contributed by atoms with Crippen molar-refractivity contribution in [3.63, 3.8) is 0 Å². The van der Waals surface area contributed by atoms with E-state index >= 15 is 0 Å². The molecule has 17 unspecified atom stereocenters. The van der Waals surface area contributed by atoms with Crippen molar-refractivity contribution >= 4 is 5.91 Å². The van der Waals surface area contributed by atoms with Crippen LogP contribution in [0.3, 0.4) is 0 Å². The van der Waals surface area contributed by atoms with Crippen LogP contribution in [0.1, 0.15) is 251 Å². The van der Waals surface area contributed by atoms with E-state index in [1.807, 2.05) is 6.08 Å². The van der Waals surface area contributed by atoms with E-state index in [1.165, 1.54) is 103 Å². The zero-order valence-electron chi connectivity index (χ0n) is 62.3. The van der Waals surface area contributed by atoms with Crippen LogP contribution in [0.4, 0.5) is 0 Å². The maximum Gasteiger partial charge on any atom is 0.220 e. The van der Waals surface area contributed by atoms with Gasteiger partial charge in [-0.15, -0.1) is 0 Å². The van der Waals surface area contributed by atoms with Crippen molar-refractivity contribution in [2.75, 3.05) is 26.4 Å². The lowest BCUT2D eigenvalue weighted by atomic mass is 9.96. The van der Waals surface area contributed by atoms with Gasteiger partial charge in [0.25, 0.3) is 0 Å². The smallest absolute Gasteiger partial charge is 0.220 e. The molecule has 1 amide bonds. The van der Waals surface area contributed by atoms with Crippen molar-refractivity contribution in [1.82, 2.24) is 5.32 Å². The monoisotopic (exact) mass is 1440 g/mol. The summed E-state index contributed by atoms with van der Waals surface area (Å²) in [6.45, 7) is 1.61. The number of amides is 1. The first-order valence-electron chi connectivity index (χ1n) is 39.4. The molecule has 3 rings (SSSR count). The van der Waals surface area contributed by atoms with E-state index in [4.69, 9.17) is 28.4 Å². The van der Waals surface area contributed by atoms with E-state index in [-0.39, 0.29) is 18.9 Å². The molecule has 0 bridgehead atoms. The first-order chi connectivity index (χ1) is 49.8. The fourth-order valence-electron chi connectivity index (χ4n) is 12.4. The van der Waals surface area contributed by atoms with E-state index < -0.39 is 124 Å². The average Bonchev–Trinajstić information content (AvgIpc) is 0.755. The topological polar surface area (TPSA) is 307 Å². The van der Waals surface area contributed by atoms with Crippen LogP contribution in [0.2, 0.25) is 0 Å². The highest BCUT2D eigenvalue weighted by Gasteiger charge is 2.53. The molecule has 102 heavy (non-hydrogen) atoms. The molecule has 3 heterocycles. The molecule has 12 N–H and O–H groups in total. The van der Waals surface area contributed by atoms with Gasteiger partial charge in [0.05, 0.1) is 38.6 Å². The Morgan fingerprint density at radius 1 is 0.363 bits per heavy atom. The number of unbranched alkanes of at least 4 members (excludes halogenated alkanes) is 24. The van der Waals surface area contributed by atoms with Crippen LogP contribution in [0, 0.1) is 0 Å². The number of hydrogen-bond acceptors (Lipinski definition) is 18. The summed E-state index contributed by atoms with van der Waals surface area (Å²) in [5, 5.41) is 121. The number of ether oxygens (including phenoxy) is 6. The van der Waals surface area contributed by atoms with Gasteiger partial charge < -0.3 is 89.9 Å². The summed E-state index contributed by atoms with van der Waals surface area (Å²) in [5.41, 5.74) is 0. The zero-order chi connectivity index (χ0) is 73.9. The van der Waals surface area contributed by atoms with Gasteiger partial charge in [-0.25, -0.2) is 0 Å². The second-order valence-corrected chi connectivity index (χ2v) is 27.4. The van der Waals surface area contributed by atoms with Gasteiger partial charge >= 0.3 is 0 Å². The highest BCUT2D eigenvalue weighted by Crippen LogP contribution is 2.33. The molecular weight excluding hydrogens is 1300 g/mol. The fourth-order valence-corrected chi connectivity index (χ4v) is 12.4. The van der Waals surface area contributed by atoms with Crippen molar-refractivity contribution in [2.45, 2.75) is 356 Å². The van der Waals surface area contributed by atoms with Gasteiger partial charge in [0, 0.05) is 6.42 Å². The van der Waals surface area contributed by atoms with Crippen molar-refractivity contribution < 1.29 is 89.4 Å². The van der Waals surface area contributed by atoms with E-state index in [0.29, 0.717) is 6.42 Å². The van der Waals surface area contributed by atoms with Crippen molar-refractivity contribution in [3.05, 3.63) is 134 Å². The molecule has 0 aliphatic carbocycles. The summed E-state index contributed by atoms with van der Waals surface area (Å²) in [6.07, 6.45) is 61.5. The molecule has 19 nitrogen and oxygen atoms in total. The quantitative estimate of drug-likeness (QED) is 0.0199. The third-order valence-electron chi connectivity index (χ3n) is 18.7. The first-order valence-corrected chi connectivity index (χ1v) is 39.4. The molecule has 584 valence electrons. The Kier molecular flexibility index (Phi) is 56.0. The molecule has 0 aromatic carbocycles. The van der Waals surface area contributed by atoms with Gasteiger partial charge in [0.2, 0.25) is 5.91 Å². The summed E-state index contributed by atoms with van der Waals surface area (Å²) in [6, 6.07) is -0.984. The van der Waals surface area contributed by atoms with Crippen molar-refractivity contribution in [2.24, 2.45) is 0 Å². The second-order valence-electron chi connectivity index (χ2n) is 27.4. The molecule has 17 atom stereocenters. The van der Waals surface area contributed by atoms with Gasteiger partial charge in [-0.1, -0.05) is 282 Å². The summed E-state index contributed by atoms with van der Waals surface area (Å²) >= 11 is 0. The van der Waals surface area contributed by atoms with E-state index in [1.54, 1.807) is 6.08 Å². The third-order valence-corrected chi connectivity index (χ3v) is 18.7. The number of hydrogen-bond donors (Lipinski definition) is 12. The number of nitrogens with one attached hydrogen (secondary N) is 1. The minimum atomic E-state index is -1.98. The molecule has 3 aliphatic heterocycles. The molecule has 19 heteroatoms. The maximum absolute atomic E-state index is 13.4. The largest absolute Gasteiger partial charge is 0.394 e. The van der Waals surface area contributed by atoms with Gasteiger partial charge in [-0.05, 0) is 96.3 Å². The lowest BCUT2D eigenvalue weighted by Crippen LogP contribution is -2.66. The van der Waals surface area contributed by atoms with Crippen molar-refractivity contribution in [1.29, 1.82) is 0 Å². The molecule has 0 radical (unpaired) electrons. The summed E-state index contributed by atoms with van der Waals surface area (Å²) in [4.78, 5) is 13.4. The molecule has 3 aliphatic rings. The van der Waals surface area contributed by atoms with Crippen molar-refractivity contribution in [3.8, 4) is 0 Å². The molecule has 0 saturated carbocycles. The van der Waals surface area contributed by atoms with E-state index in [2.05, 4.69) is 141 Å². The Morgan fingerprint density at radius 2 is 0.676 bits per heavy atom. The summed E-state index contributed by atoms with van der Waals surface area (Å²) < 4.78 is 34.4. The normalized spacial score (nSPS) is 26.9. The highest BCUT2D eigenvalue weighted by molar-refractivity contribution is 5.76. The predicted octanol–water partition coefficient (Wildman–Crippen LogP) is 12.9.